The lowest BCUT2D eigenvalue weighted by Crippen LogP contribution is -2.41. The van der Waals surface area contributed by atoms with Crippen LogP contribution in [0.3, 0.4) is 0 Å². The maximum absolute atomic E-state index is 13.4. The van der Waals surface area contributed by atoms with Crippen LogP contribution in [0.1, 0.15) is 33.8 Å². The molecule has 1 unspecified atom stereocenters. The quantitative estimate of drug-likeness (QED) is 0.610. The Hall–Kier alpha value is -2.26. The van der Waals surface area contributed by atoms with Crippen molar-refractivity contribution in [3.8, 4) is 0 Å². The SMILES string of the molecule is CCn1cc(CN2CCOC(c3c(C(=O)N4CCOCC4)sc4ccccc34)C2)cn1. The topological polar surface area (TPSA) is 59.8 Å². The number of carbonyl (C=O) groups excluding carboxylic acids is 1. The van der Waals surface area contributed by atoms with Gasteiger partial charge in [0, 0.05) is 61.3 Å². The maximum Gasteiger partial charge on any atom is 0.264 e. The van der Waals surface area contributed by atoms with E-state index in [9.17, 15) is 4.79 Å². The molecular formula is C23H28N4O3S. The van der Waals surface area contributed by atoms with E-state index in [-0.39, 0.29) is 12.0 Å². The van der Waals surface area contributed by atoms with Gasteiger partial charge in [-0.2, -0.15) is 5.10 Å². The first kappa shape index (κ1) is 20.6. The molecule has 3 aromatic rings. The Morgan fingerprint density at radius 3 is 2.84 bits per heavy atom. The summed E-state index contributed by atoms with van der Waals surface area (Å²) in [7, 11) is 0. The van der Waals surface area contributed by atoms with Gasteiger partial charge < -0.3 is 14.4 Å². The number of ether oxygens (including phenoxy) is 2. The van der Waals surface area contributed by atoms with Gasteiger partial charge in [0.15, 0.2) is 0 Å². The molecule has 2 fully saturated rings. The molecule has 2 aliphatic heterocycles. The van der Waals surface area contributed by atoms with Crippen LogP contribution >= 0.6 is 11.3 Å². The van der Waals surface area contributed by atoms with Crippen molar-refractivity contribution in [2.45, 2.75) is 26.1 Å². The second kappa shape index (κ2) is 9.08. The molecule has 164 valence electrons. The molecular weight excluding hydrogens is 412 g/mol. The number of carbonyl (C=O) groups is 1. The van der Waals surface area contributed by atoms with Gasteiger partial charge in [-0.25, -0.2) is 0 Å². The van der Waals surface area contributed by atoms with Crippen LogP contribution in [-0.2, 0) is 22.6 Å². The van der Waals surface area contributed by atoms with Crippen LogP contribution in [0.25, 0.3) is 10.1 Å². The van der Waals surface area contributed by atoms with Gasteiger partial charge >= 0.3 is 0 Å². The normalized spacial score (nSPS) is 20.4. The lowest BCUT2D eigenvalue weighted by atomic mass is 10.0. The third kappa shape index (κ3) is 4.25. The first-order chi connectivity index (χ1) is 15.2. The summed E-state index contributed by atoms with van der Waals surface area (Å²) in [5.74, 6) is 0.101. The molecule has 0 N–H and O–H groups in total. The minimum absolute atomic E-state index is 0.101. The van der Waals surface area contributed by atoms with Gasteiger partial charge in [0.05, 0.1) is 37.0 Å². The van der Waals surface area contributed by atoms with E-state index < -0.39 is 0 Å². The molecule has 2 aromatic heterocycles. The Labute approximate surface area is 186 Å². The minimum atomic E-state index is -0.119. The number of amides is 1. The standard InChI is InChI=1S/C23H28N4O3S/c1-2-27-15-17(13-24-27)14-25-7-12-30-19(16-25)21-18-5-3-4-6-20(18)31-22(21)23(28)26-8-10-29-11-9-26/h3-6,13,15,19H,2,7-12,14,16H2,1H3. The van der Waals surface area contributed by atoms with E-state index in [1.807, 2.05) is 27.9 Å². The lowest BCUT2D eigenvalue weighted by Gasteiger charge is -2.33. The average Bonchev–Trinajstić information content (AvgIpc) is 3.43. The van der Waals surface area contributed by atoms with Crippen LogP contribution in [0.4, 0.5) is 0 Å². The molecule has 8 heteroatoms. The summed E-state index contributed by atoms with van der Waals surface area (Å²) < 4.78 is 14.8. The molecule has 4 heterocycles. The van der Waals surface area contributed by atoms with Crippen LogP contribution < -0.4 is 0 Å². The number of thiophene rings is 1. The van der Waals surface area contributed by atoms with Gasteiger partial charge in [0.25, 0.3) is 5.91 Å². The summed E-state index contributed by atoms with van der Waals surface area (Å²) in [5, 5.41) is 5.53. The van der Waals surface area contributed by atoms with Gasteiger partial charge in [-0.05, 0) is 18.4 Å². The van der Waals surface area contributed by atoms with E-state index in [2.05, 4.69) is 35.3 Å². The molecule has 7 nitrogen and oxygen atoms in total. The van der Waals surface area contributed by atoms with Crippen molar-refractivity contribution < 1.29 is 14.3 Å². The summed E-state index contributed by atoms with van der Waals surface area (Å²) >= 11 is 1.59. The number of hydrogen-bond acceptors (Lipinski definition) is 6. The summed E-state index contributed by atoms with van der Waals surface area (Å²) in [4.78, 5) is 18.6. The molecule has 0 aliphatic carbocycles. The van der Waals surface area contributed by atoms with Crippen LogP contribution in [0, 0.1) is 0 Å². The van der Waals surface area contributed by atoms with Crippen molar-refractivity contribution in [2.75, 3.05) is 46.0 Å². The predicted octanol–water partition coefficient (Wildman–Crippen LogP) is 3.16. The zero-order valence-corrected chi connectivity index (χ0v) is 18.6. The number of morpholine rings is 2. The van der Waals surface area contributed by atoms with Crippen molar-refractivity contribution in [3.63, 3.8) is 0 Å². The smallest absolute Gasteiger partial charge is 0.264 e. The number of aryl methyl sites for hydroxylation is 1. The number of fused-ring (bicyclic) bond motifs is 1. The maximum atomic E-state index is 13.4. The number of nitrogens with zero attached hydrogens (tertiary/aromatic N) is 4. The fourth-order valence-electron chi connectivity index (χ4n) is 4.39. The molecule has 1 amide bonds. The van der Waals surface area contributed by atoms with E-state index in [0.29, 0.717) is 32.9 Å². The number of hydrogen-bond donors (Lipinski definition) is 0. The van der Waals surface area contributed by atoms with Gasteiger partial charge in [-0.3, -0.25) is 14.4 Å². The van der Waals surface area contributed by atoms with Gasteiger partial charge in [-0.15, -0.1) is 11.3 Å². The van der Waals surface area contributed by atoms with Crippen LogP contribution in [0.15, 0.2) is 36.7 Å². The molecule has 1 atom stereocenters. The van der Waals surface area contributed by atoms with Crippen LogP contribution in [-0.4, -0.2) is 71.5 Å². The van der Waals surface area contributed by atoms with Crippen molar-refractivity contribution in [1.82, 2.24) is 19.6 Å². The fourth-order valence-corrected chi connectivity index (χ4v) is 5.62. The molecule has 5 rings (SSSR count). The van der Waals surface area contributed by atoms with Crippen molar-refractivity contribution >= 4 is 27.3 Å². The van der Waals surface area contributed by atoms with Crippen LogP contribution in [0.2, 0.25) is 0 Å². The minimum Gasteiger partial charge on any atom is -0.378 e. The van der Waals surface area contributed by atoms with Gasteiger partial charge in [0.2, 0.25) is 0 Å². The van der Waals surface area contributed by atoms with Gasteiger partial charge in [0.1, 0.15) is 0 Å². The van der Waals surface area contributed by atoms with Crippen molar-refractivity contribution in [1.29, 1.82) is 0 Å². The highest BCUT2D eigenvalue weighted by molar-refractivity contribution is 7.21. The molecule has 2 aliphatic rings. The zero-order valence-electron chi connectivity index (χ0n) is 17.8. The Balaban J connectivity index is 1.43. The Bertz CT molecular complexity index is 1060. The number of benzene rings is 1. The monoisotopic (exact) mass is 440 g/mol. The molecule has 1 aromatic carbocycles. The third-order valence-corrected chi connectivity index (χ3v) is 7.19. The molecule has 2 saturated heterocycles. The fraction of sp³-hybridized carbons (Fsp3) is 0.478. The lowest BCUT2D eigenvalue weighted by molar-refractivity contribution is -0.0325. The van der Waals surface area contributed by atoms with E-state index in [1.165, 1.54) is 5.56 Å². The summed E-state index contributed by atoms with van der Waals surface area (Å²) in [6.45, 7) is 8.60. The number of rotatable bonds is 5. The summed E-state index contributed by atoms with van der Waals surface area (Å²) in [5.41, 5.74) is 2.26. The third-order valence-electron chi connectivity index (χ3n) is 6.02. The highest BCUT2D eigenvalue weighted by Crippen LogP contribution is 2.39. The van der Waals surface area contributed by atoms with Gasteiger partial charge in [-0.1, -0.05) is 18.2 Å². The summed E-state index contributed by atoms with van der Waals surface area (Å²) in [6.07, 6.45) is 3.94. The second-order valence-electron chi connectivity index (χ2n) is 8.04. The molecule has 0 radical (unpaired) electrons. The molecule has 0 bridgehead atoms. The predicted molar refractivity (Wildman–Crippen MR) is 120 cm³/mol. The number of aromatic nitrogens is 2. The first-order valence-electron chi connectivity index (χ1n) is 11.0. The van der Waals surface area contributed by atoms with E-state index in [4.69, 9.17) is 9.47 Å². The first-order valence-corrected chi connectivity index (χ1v) is 11.8. The highest BCUT2D eigenvalue weighted by atomic mass is 32.1. The van der Waals surface area contributed by atoms with Crippen LogP contribution in [0.5, 0.6) is 0 Å². The van der Waals surface area contributed by atoms with Crippen molar-refractivity contribution in [3.05, 3.63) is 52.7 Å². The highest BCUT2D eigenvalue weighted by Gasteiger charge is 2.32. The molecule has 0 spiro atoms. The zero-order chi connectivity index (χ0) is 21.2. The van der Waals surface area contributed by atoms with E-state index >= 15 is 0 Å². The Morgan fingerprint density at radius 2 is 2.03 bits per heavy atom. The second-order valence-corrected chi connectivity index (χ2v) is 9.10. The van der Waals surface area contributed by atoms with Crippen molar-refractivity contribution in [2.24, 2.45) is 0 Å². The Kier molecular flexibility index (Phi) is 6.04. The molecule has 0 saturated carbocycles. The summed E-state index contributed by atoms with van der Waals surface area (Å²) in [6, 6.07) is 8.29. The molecule has 31 heavy (non-hydrogen) atoms. The Morgan fingerprint density at radius 1 is 1.19 bits per heavy atom. The average molecular weight is 441 g/mol. The van der Waals surface area contributed by atoms with E-state index in [1.54, 1.807) is 11.3 Å². The van der Waals surface area contributed by atoms with E-state index in [0.717, 1.165) is 46.7 Å². The largest absolute Gasteiger partial charge is 0.378 e.